The lowest BCUT2D eigenvalue weighted by Gasteiger charge is -2.06. The Bertz CT molecular complexity index is 432. The molecule has 0 unspecified atom stereocenters. The number of benzene rings is 1. The van der Waals surface area contributed by atoms with E-state index in [1.807, 2.05) is 18.2 Å². The van der Waals surface area contributed by atoms with Crippen molar-refractivity contribution in [2.24, 2.45) is 0 Å². The Hall–Kier alpha value is -1.62. The molecule has 0 radical (unpaired) electrons. The van der Waals surface area contributed by atoms with E-state index in [0.717, 1.165) is 13.0 Å². The molecule has 1 aromatic carbocycles. The van der Waals surface area contributed by atoms with Gasteiger partial charge in [-0.15, -0.1) is 5.10 Å². The molecule has 84 valence electrons. The number of halogens is 1. The van der Waals surface area contributed by atoms with Gasteiger partial charge in [0, 0.05) is 13.0 Å². The number of hydrogen-bond acceptors (Lipinski definition) is 4. The molecule has 0 atom stereocenters. The molecule has 2 rings (SSSR count). The second-order valence-corrected chi connectivity index (χ2v) is 3.61. The fourth-order valence-corrected chi connectivity index (χ4v) is 1.44. The summed E-state index contributed by atoms with van der Waals surface area (Å²) in [5.74, 6) is 0.709. The number of nitrogens with zero attached hydrogens (tertiary/aromatic N) is 4. The minimum absolute atomic E-state index is 0.587. The predicted octanol–water partition coefficient (Wildman–Crippen LogP) is 1.80. The second-order valence-electron chi connectivity index (χ2n) is 3.21. The van der Waals surface area contributed by atoms with Crippen molar-refractivity contribution in [3.63, 3.8) is 0 Å². The van der Waals surface area contributed by atoms with Gasteiger partial charge < -0.3 is 4.74 Å². The molecule has 0 saturated heterocycles. The normalized spacial score (nSPS) is 10.3. The molecule has 5 nitrogen and oxygen atoms in total. The van der Waals surface area contributed by atoms with Crippen LogP contribution in [0.2, 0.25) is 5.02 Å². The van der Waals surface area contributed by atoms with Gasteiger partial charge in [-0.25, -0.2) is 4.68 Å². The van der Waals surface area contributed by atoms with Crippen molar-refractivity contribution in [2.45, 2.75) is 13.0 Å². The van der Waals surface area contributed by atoms with Crippen LogP contribution >= 0.6 is 11.6 Å². The SMILES string of the molecule is Clc1ccccc1OCCCn1cnnn1. The molecule has 0 saturated carbocycles. The number of tetrazole rings is 1. The molecule has 0 aliphatic carbocycles. The van der Waals surface area contributed by atoms with Gasteiger partial charge in [0.2, 0.25) is 0 Å². The number of rotatable bonds is 5. The third-order valence-electron chi connectivity index (χ3n) is 2.02. The van der Waals surface area contributed by atoms with Crippen molar-refractivity contribution in [3.8, 4) is 5.75 Å². The second kappa shape index (κ2) is 5.46. The number of ether oxygens (including phenoxy) is 1. The van der Waals surface area contributed by atoms with Gasteiger partial charge in [-0.3, -0.25) is 0 Å². The van der Waals surface area contributed by atoms with Crippen LogP contribution in [0.25, 0.3) is 0 Å². The van der Waals surface area contributed by atoms with Crippen molar-refractivity contribution < 1.29 is 4.74 Å². The molecule has 16 heavy (non-hydrogen) atoms. The van der Waals surface area contributed by atoms with Gasteiger partial charge >= 0.3 is 0 Å². The Labute approximate surface area is 98.0 Å². The summed E-state index contributed by atoms with van der Waals surface area (Å²) in [7, 11) is 0. The fourth-order valence-electron chi connectivity index (χ4n) is 1.25. The van der Waals surface area contributed by atoms with Crippen molar-refractivity contribution in [1.29, 1.82) is 0 Å². The monoisotopic (exact) mass is 238 g/mol. The van der Waals surface area contributed by atoms with Gasteiger partial charge in [-0.1, -0.05) is 23.7 Å². The number of hydrogen-bond donors (Lipinski definition) is 0. The lowest BCUT2D eigenvalue weighted by molar-refractivity contribution is 0.298. The first-order valence-corrected chi connectivity index (χ1v) is 5.32. The van der Waals surface area contributed by atoms with E-state index in [-0.39, 0.29) is 0 Å². The highest BCUT2D eigenvalue weighted by atomic mass is 35.5. The van der Waals surface area contributed by atoms with Crippen LogP contribution in [-0.2, 0) is 6.54 Å². The van der Waals surface area contributed by atoms with E-state index in [1.54, 1.807) is 17.1 Å². The van der Waals surface area contributed by atoms with Crippen LogP contribution in [0.1, 0.15) is 6.42 Å². The Morgan fingerprint density at radius 1 is 1.31 bits per heavy atom. The molecule has 2 aromatic rings. The van der Waals surface area contributed by atoms with E-state index < -0.39 is 0 Å². The molecule has 0 fully saturated rings. The minimum atomic E-state index is 0.587. The average Bonchev–Trinajstić information content (AvgIpc) is 2.79. The first kappa shape index (κ1) is 10.9. The summed E-state index contributed by atoms with van der Waals surface area (Å²) < 4.78 is 7.18. The standard InChI is InChI=1S/C10H11ClN4O/c11-9-4-1-2-5-10(9)16-7-3-6-15-8-12-13-14-15/h1-2,4-5,8H,3,6-7H2. The van der Waals surface area contributed by atoms with E-state index in [4.69, 9.17) is 16.3 Å². The molecule has 1 aromatic heterocycles. The highest BCUT2D eigenvalue weighted by molar-refractivity contribution is 6.32. The minimum Gasteiger partial charge on any atom is -0.492 e. The first-order chi connectivity index (χ1) is 7.86. The maximum Gasteiger partial charge on any atom is 0.138 e. The Kier molecular flexibility index (Phi) is 3.71. The van der Waals surface area contributed by atoms with E-state index in [2.05, 4.69) is 15.5 Å². The summed E-state index contributed by atoms with van der Waals surface area (Å²) in [6.45, 7) is 1.32. The van der Waals surface area contributed by atoms with Crippen LogP contribution in [0.4, 0.5) is 0 Å². The molecule has 0 amide bonds. The largest absolute Gasteiger partial charge is 0.492 e. The lowest BCUT2D eigenvalue weighted by Crippen LogP contribution is -2.05. The summed E-state index contributed by atoms with van der Waals surface area (Å²) >= 11 is 5.94. The Morgan fingerprint density at radius 2 is 2.19 bits per heavy atom. The predicted molar refractivity (Wildman–Crippen MR) is 59.4 cm³/mol. The molecular weight excluding hydrogens is 228 g/mol. The molecule has 0 aliphatic rings. The number of para-hydroxylation sites is 1. The van der Waals surface area contributed by atoms with E-state index in [1.165, 1.54) is 0 Å². The zero-order valence-corrected chi connectivity index (χ0v) is 9.34. The van der Waals surface area contributed by atoms with E-state index in [9.17, 15) is 0 Å². The molecule has 0 N–H and O–H groups in total. The van der Waals surface area contributed by atoms with Crippen molar-refractivity contribution in [2.75, 3.05) is 6.61 Å². The summed E-state index contributed by atoms with van der Waals surface area (Å²) in [4.78, 5) is 0. The van der Waals surface area contributed by atoms with Gasteiger partial charge in [0.05, 0.1) is 11.6 Å². The van der Waals surface area contributed by atoms with Gasteiger partial charge in [0.15, 0.2) is 0 Å². The maximum atomic E-state index is 5.94. The first-order valence-electron chi connectivity index (χ1n) is 4.94. The number of aromatic nitrogens is 4. The van der Waals surface area contributed by atoms with Crippen LogP contribution in [-0.4, -0.2) is 26.8 Å². The van der Waals surface area contributed by atoms with Crippen LogP contribution in [0.5, 0.6) is 5.75 Å². The van der Waals surface area contributed by atoms with Gasteiger partial charge in [0.1, 0.15) is 12.1 Å². The smallest absolute Gasteiger partial charge is 0.138 e. The van der Waals surface area contributed by atoms with Crippen LogP contribution < -0.4 is 4.74 Å². The third-order valence-corrected chi connectivity index (χ3v) is 2.33. The number of aryl methyl sites for hydroxylation is 1. The quantitative estimate of drug-likeness (QED) is 0.746. The van der Waals surface area contributed by atoms with Crippen LogP contribution in [0.15, 0.2) is 30.6 Å². The van der Waals surface area contributed by atoms with Crippen molar-refractivity contribution >= 4 is 11.6 Å². The lowest BCUT2D eigenvalue weighted by atomic mass is 10.3. The van der Waals surface area contributed by atoms with Crippen molar-refractivity contribution in [3.05, 3.63) is 35.6 Å². The third kappa shape index (κ3) is 2.93. The van der Waals surface area contributed by atoms with Crippen LogP contribution in [0, 0.1) is 0 Å². The fraction of sp³-hybridized carbons (Fsp3) is 0.300. The van der Waals surface area contributed by atoms with Crippen molar-refractivity contribution in [1.82, 2.24) is 20.2 Å². The molecular formula is C10H11ClN4O. The molecule has 0 aliphatic heterocycles. The van der Waals surface area contributed by atoms with Gasteiger partial charge in [0.25, 0.3) is 0 Å². The average molecular weight is 239 g/mol. The molecule has 1 heterocycles. The highest BCUT2D eigenvalue weighted by Crippen LogP contribution is 2.22. The summed E-state index contributed by atoms with van der Waals surface area (Å²) in [5, 5.41) is 11.5. The van der Waals surface area contributed by atoms with E-state index in [0.29, 0.717) is 17.4 Å². The van der Waals surface area contributed by atoms with Crippen LogP contribution in [0.3, 0.4) is 0 Å². The Balaban J connectivity index is 1.74. The summed E-state index contributed by atoms with van der Waals surface area (Å²) in [6.07, 6.45) is 2.41. The van der Waals surface area contributed by atoms with Gasteiger partial charge in [-0.05, 0) is 22.6 Å². The molecule has 0 bridgehead atoms. The maximum absolute atomic E-state index is 5.94. The molecule has 6 heteroatoms. The van der Waals surface area contributed by atoms with E-state index >= 15 is 0 Å². The zero-order valence-electron chi connectivity index (χ0n) is 8.58. The zero-order chi connectivity index (χ0) is 11.2. The highest BCUT2D eigenvalue weighted by Gasteiger charge is 1.99. The summed E-state index contributed by atoms with van der Waals surface area (Å²) in [6, 6.07) is 7.41. The molecule has 0 spiro atoms. The summed E-state index contributed by atoms with van der Waals surface area (Å²) in [5.41, 5.74) is 0. The Morgan fingerprint density at radius 3 is 2.94 bits per heavy atom. The topological polar surface area (TPSA) is 52.8 Å². The van der Waals surface area contributed by atoms with Gasteiger partial charge in [-0.2, -0.15) is 0 Å².